The minimum Gasteiger partial charge on any atom is -0.493 e. The lowest BCUT2D eigenvalue weighted by Crippen LogP contribution is -2.01. The summed E-state index contributed by atoms with van der Waals surface area (Å²) in [6.07, 6.45) is 1.57. The molecule has 0 fully saturated rings. The molecule has 0 spiro atoms. The van der Waals surface area contributed by atoms with Crippen LogP contribution in [0, 0.1) is 0 Å². The highest BCUT2D eigenvalue weighted by atomic mass is 35.5. The van der Waals surface area contributed by atoms with E-state index in [2.05, 4.69) is 12.1 Å². The quantitative estimate of drug-likeness (QED) is 0.765. The highest BCUT2D eigenvalue weighted by Gasteiger charge is 2.01. The van der Waals surface area contributed by atoms with Gasteiger partial charge >= 0.3 is 0 Å². The normalized spacial score (nSPS) is 10.1. The van der Waals surface area contributed by atoms with Gasteiger partial charge in [0.2, 0.25) is 0 Å². The van der Waals surface area contributed by atoms with Crippen molar-refractivity contribution in [3.63, 3.8) is 0 Å². The SMILES string of the molecule is O=Cc1ccc(OCCc2ccccc2)cc1Cl. The number of halogens is 1. The van der Waals surface area contributed by atoms with Crippen molar-refractivity contribution in [2.24, 2.45) is 0 Å². The molecule has 2 aromatic carbocycles. The minimum atomic E-state index is 0.419. The van der Waals surface area contributed by atoms with Crippen LogP contribution in [0.3, 0.4) is 0 Å². The van der Waals surface area contributed by atoms with E-state index in [1.165, 1.54) is 5.56 Å². The number of aldehydes is 1. The summed E-state index contributed by atoms with van der Waals surface area (Å²) in [4.78, 5) is 10.6. The molecule has 0 heterocycles. The standard InChI is InChI=1S/C15H13ClO2/c16-15-10-14(7-6-13(15)11-17)18-9-8-12-4-2-1-3-5-12/h1-7,10-11H,8-9H2. The molecule has 0 aliphatic rings. The molecule has 18 heavy (non-hydrogen) atoms. The first-order chi connectivity index (χ1) is 8.79. The van der Waals surface area contributed by atoms with Crippen LogP contribution in [0.2, 0.25) is 5.02 Å². The van der Waals surface area contributed by atoms with E-state index in [-0.39, 0.29) is 0 Å². The second-order valence-corrected chi connectivity index (χ2v) is 4.29. The van der Waals surface area contributed by atoms with Gasteiger partial charge in [-0.2, -0.15) is 0 Å². The summed E-state index contributed by atoms with van der Waals surface area (Å²) in [5.41, 5.74) is 1.71. The third kappa shape index (κ3) is 3.34. The number of rotatable bonds is 5. The summed E-state index contributed by atoms with van der Waals surface area (Å²) in [7, 11) is 0. The zero-order valence-corrected chi connectivity index (χ0v) is 10.6. The molecular weight excluding hydrogens is 248 g/mol. The molecule has 3 heteroatoms. The number of benzene rings is 2. The van der Waals surface area contributed by atoms with Crippen LogP contribution in [-0.4, -0.2) is 12.9 Å². The van der Waals surface area contributed by atoms with E-state index in [0.29, 0.717) is 22.9 Å². The van der Waals surface area contributed by atoms with Gasteiger partial charge in [-0.3, -0.25) is 4.79 Å². The molecule has 0 saturated heterocycles. The van der Waals surface area contributed by atoms with Crippen molar-refractivity contribution in [2.75, 3.05) is 6.61 Å². The van der Waals surface area contributed by atoms with Crippen molar-refractivity contribution in [1.82, 2.24) is 0 Å². The van der Waals surface area contributed by atoms with Gasteiger partial charge in [0.1, 0.15) is 5.75 Å². The first-order valence-electron chi connectivity index (χ1n) is 5.71. The van der Waals surface area contributed by atoms with Crippen LogP contribution < -0.4 is 4.74 Å². The molecule has 0 N–H and O–H groups in total. The Morgan fingerprint density at radius 2 is 1.89 bits per heavy atom. The number of carbonyl (C=O) groups excluding carboxylic acids is 1. The molecule has 2 nitrogen and oxygen atoms in total. The van der Waals surface area contributed by atoms with Gasteiger partial charge in [0.05, 0.1) is 11.6 Å². The Morgan fingerprint density at radius 3 is 2.56 bits per heavy atom. The number of hydrogen-bond donors (Lipinski definition) is 0. The Bertz CT molecular complexity index is 523. The highest BCUT2D eigenvalue weighted by Crippen LogP contribution is 2.21. The second kappa shape index (κ2) is 6.22. The molecule has 0 saturated carbocycles. The van der Waals surface area contributed by atoms with E-state index in [1.54, 1.807) is 18.2 Å². The summed E-state index contributed by atoms with van der Waals surface area (Å²) >= 11 is 5.91. The molecule has 0 aliphatic carbocycles. The summed E-state index contributed by atoms with van der Waals surface area (Å²) < 4.78 is 5.59. The van der Waals surface area contributed by atoms with Gasteiger partial charge in [-0.05, 0) is 23.8 Å². The van der Waals surface area contributed by atoms with Crippen LogP contribution in [0.15, 0.2) is 48.5 Å². The molecule has 2 rings (SSSR count). The van der Waals surface area contributed by atoms with E-state index >= 15 is 0 Å². The van der Waals surface area contributed by atoms with Crippen molar-refractivity contribution >= 4 is 17.9 Å². The van der Waals surface area contributed by atoms with Gasteiger partial charge in [0.15, 0.2) is 6.29 Å². The predicted octanol–water partition coefficient (Wildman–Crippen LogP) is 3.77. The summed E-state index contributed by atoms with van der Waals surface area (Å²) in [6.45, 7) is 0.584. The molecule has 0 aromatic heterocycles. The van der Waals surface area contributed by atoms with Gasteiger partial charge in [0, 0.05) is 12.0 Å². The Kier molecular flexibility index (Phi) is 4.37. The zero-order chi connectivity index (χ0) is 12.8. The lowest BCUT2D eigenvalue weighted by molar-refractivity contribution is 0.112. The minimum absolute atomic E-state index is 0.419. The third-order valence-corrected chi connectivity index (χ3v) is 2.93. The number of carbonyl (C=O) groups is 1. The fraction of sp³-hybridized carbons (Fsp3) is 0.133. The Balaban J connectivity index is 1.91. The van der Waals surface area contributed by atoms with Gasteiger partial charge in [-0.15, -0.1) is 0 Å². The zero-order valence-electron chi connectivity index (χ0n) is 9.80. The van der Waals surface area contributed by atoms with Crippen molar-refractivity contribution < 1.29 is 9.53 Å². The van der Waals surface area contributed by atoms with Gasteiger partial charge in [-0.25, -0.2) is 0 Å². The van der Waals surface area contributed by atoms with E-state index in [1.807, 2.05) is 18.2 Å². The average molecular weight is 261 g/mol. The molecule has 0 aliphatic heterocycles. The van der Waals surface area contributed by atoms with Crippen LogP contribution in [0.4, 0.5) is 0 Å². The molecule has 0 amide bonds. The third-order valence-electron chi connectivity index (χ3n) is 2.60. The lowest BCUT2D eigenvalue weighted by Gasteiger charge is -2.07. The van der Waals surface area contributed by atoms with Crippen LogP contribution in [0.1, 0.15) is 15.9 Å². The van der Waals surface area contributed by atoms with Crippen LogP contribution in [0.25, 0.3) is 0 Å². The first-order valence-corrected chi connectivity index (χ1v) is 6.09. The van der Waals surface area contributed by atoms with Gasteiger partial charge in [-0.1, -0.05) is 41.9 Å². The first kappa shape index (κ1) is 12.7. The summed E-state index contributed by atoms with van der Waals surface area (Å²) in [6, 6.07) is 15.2. The smallest absolute Gasteiger partial charge is 0.151 e. The van der Waals surface area contributed by atoms with Gasteiger partial charge < -0.3 is 4.74 Å². The van der Waals surface area contributed by atoms with Crippen LogP contribution in [-0.2, 0) is 6.42 Å². The average Bonchev–Trinajstić information content (AvgIpc) is 2.40. The van der Waals surface area contributed by atoms with E-state index < -0.39 is 0 Å². The lowest BCUT2D eigenvalue weighted by atomic mass is 10.2. The maximum absolute atomic E-state index is 10.6. The van der Waals surface area contributed by atoms with Crippen molar-refractivity contribution in [3.8, 4) is 5.75 Å². The maximum Gasteiger partial charge on any atom is 0.151 e. The Morgan fingerprint density at radius 1 is 1.11 bits per heavy atom. The van der Waals surface area contributed by atoms with Gasteiger partial charge in [0.25, 0.3) is 0 Å². The molecule has 0 radical (unpaired) electrons. The molecule has 0 bridgehead atoms. The van der Waals surface area contributed by atoms with Crippen molar-refractivity contribution in [3.05, 3.63) is 64.7 Å². The number of ether oxygens (including phenoxy) is 1. The fourth-order valence-electron chi connectivity index (χ4n) is 1.62. The maximum atomic E-state index is 10.6. The monoisotopic (exact) mass is 260 g/mol. The molecule has 2 aromatic rings. The van der Waals surface area contributed by atoms with E-state index in [4.69, 9.17) is 16.3 Å². The Hall–Kier alpha value is -1.80. The highest BCUT2D eigenvalue weighted by molar-refractivity contribution is 6.33. The molecule has 0 unspecified atom stereocenters. The van der Waals surface area contributed by atoms with Crippen LogP contribution >= 0.6 is 11.6 Å². The van der Waals surface area contributed by atoms with E-state index in [9.17, 15) is 4.79 Å². The predicted molar refractivity (Wildman–Crippen MR) is 72.5 cm³/mol. The van der Waals surface area contributed by atoms with Crippen LogP contribution in [0.5, 0.6) is 5.75 Å². The molecule has 92 valence electrons. The largest absolute Gasteiger partial charge is 0.493 e. The molecular formula is C15H13ClO2. The second-order valence-electron chi connectivity index (χ2n) is 3.89. The van der Waals surface area contributed by atoms with E-state index in [0.717, 1.165) is 12.7 Å². The summed E-state index contributed by atoms with van der Waals surface area (Å²) in [5.74, 6) is 0.682. The topological polar surface area (TPSA) is 26.3 Å². The summed E-state index contributed by atoms with van der Waals surface area (Å²) in [5, 5.41) is 0.419. The van der Waals surface area contributed by atoms with Crippen molar-refractivity contribution in [1.29, 1.82) is 0 Å². The Labute approximate surface area is 111 Å². The number of hydrogen-bond acceptors (Lipinski definition) is 2. The molecule has 0 atom stereocenters. The fourth-order valence-corrected chi connectivity index (χ4v) is 1.84. The van der Waals surface area contributed by atoms with Crippen molar-refractivity contribution in [2.45, 2.75) is 6.42 Å².